The van der Waals surface area contributed by atoms with Gasteiger partial charge in [-0.15, -0.1) is 0 Å². The van der Waals surface area contributed by atoms with Gasteiger partial charge in [0.15, 0.2) is 8.67 Å². The minimum absolute atomic E-state index is 0.0429. The maximum absolute atomic E-state index is 6.21. The molecule has 2 rings (SSSR count). The molecule has 1 aromatic rings. The Morgan fingerprint density at radius 1 is 0.450 bits per heavy atom. The van der Waals surface area contributed by atoms with E-state index in [9.17, 15) is 0 Å². The third-order valence-corrected chi connectivity index (χ3v) is 7.38. The molecule has 0 heterocycles. The summed E-state index contributed by atoms with van der Waals surface area (Å²) < 4.78 is -3.62. The van der Waals surface area contributed by atoms with Crippen LogP contribution in [-0.4, -0.2) is 0 Å². The van der Waals surface area contributed by atoms with Crippen molar-refractivity contribution < 1.29 is 0 Å². The first-order valence-electron chi connectivity index (χ1n) is 4.64. The third-order valence-electron chi connectivity index (χ3n) is 2.64. The van der Waals surface area contributed by atoms with Crippen molar-refractivity contribution in [1.82, 2.24) is 0 Å². The summed E-state index contributed by atoms with van der Waals surface area (Å²) in [5, 5.41) is -0.611. The molecule has 0 aromatic heterocycles. The molecule has 0 aliphatic heterocycles. The number of hydrogen-bond acceptors (Lipinski definition) is 0. The Labute approximate surface area is 164 Å². The zero-order valence-corrected chi connectivity index (χ0v) is 16.3. The first-order chi connectivity index (χ1) is 8.95. The van der Waals surface area contributed by atoms with E-state index in [-0.39, 0.29) is 41.3 Å². The Kier molecular flexibility index (Phi) is 5.22. The number of allylic oxidation sites excluding steroid dienone is 2. The van der Waals surface area contributed by atoms with Gasteiger partial charge in [-0.25, -0.2) is 0 Å². The molecular weight excluding hydrogens is 475 g/mol. The summed E-state index contributed by atoms with van der Waals surface area (Å²) >= 11 is 61.1. The molecule has 0 spiro atoms. The van der Waals surface area contributed by atoms with Gasteiger partial charge in [0.25, 0.3) is 0 Å². The first kappa shape index (κ1) is 18.2. The molecule has 0 amide bonds. The largest absolute Gasteiger partial charge is 0.181 e. The summed E-state index contributed by atoms with van der Waals surface area (Å²) in [5.74, 6) is 0. The summed E-state index contributed by atoms with van der Waals surface area (Å²) in [5.41, 5.74) is 0.0857. The molecule has 0 fully saturated rings. The van der Waals surface area contributed by atoms with Gasteiger partial charge in [-0.3, -0.25) is 0 Å². The SMILES string of the molecule is ClC1=C(Cl)C(Cl)(Cl)c2c(Cl)c(Cl)c(Cl)c(Cl)c2C1(Cl)Cl. The van der Waals surface area contributed by atoms with Crippen molar-refractivity contribution in [3.05, 3.63) is 41.3 Å². The van der Waals surface area contributed by atoms with E-state index in [0.29, 0.717) is 0 Å². The molecule has 110 valence electrons. The van der Waals surface area contributed by atoms with E-state index in [2.05, 4.69) is 0 Å². The van der Waals surface area contributed by atoms with E-state index in [1.165, 1.54) is 0 Å². The summed E-state index contributed by atoms with van der Waals surface area (Å²) in [4.78, 5) is 0. The molecule has 1 aliphatic rings. The predicted molar refractivity (Wildman–Crippen MR) is 92.0 cm³/mol. The van der Waals surface area contributed by atoms with Crippen LogP contribution in [0.25, 0.3) is 0 Å². The quantitative estimate of drug-likeness (QED) is 0.202. The molecule has 0 saturated carbocycles. The smallest absolute Gasteiger partial charge is 0.0898 e. The van der Waals surface area contributed by atoms with Crippen LogP contribution in [0.1, 0.15) is 11.1 Å². The van der Waals surface area contributed by atoms with E-state index in [4.69, 9.17) is 116 Å². The van der Waals surface area contributed by atoms with Crippen molar-refractivity contribution in [1.29, 1.82) is 0 Å². The van der Waals surface area contributed by atoms with E-state index in [1.807, 2.05) is 0 Å². The minimum atomic E-state index is -1.81. The van der Waals surface area contributed by atoms with Crippen LogP contribution in [0.4, 0.5) is 0 Å². The molecular formula is C10Cl10. The lowest BCUT2D eigenvalue weighted by Gasteiger charge is -2.37. The highest BCUT2D eigenvalue weighted by molar-refractivity contribution is 6.64. The molecule has 10 heteroatoms. The summed E-state index contributed by atoms with van der Waals surface area (Å²) in [7, 11) is 0. The van der Waals surface area contributed by atoms with Crippen LogP contribution >= 0.6 is 116 Å². The fourth-order valence-corrected chi connectivity index (χ4v) is 4.85. The van der Waals surface area contributed by atoms with Gasteiger partial charge < -0.3 is 0 Å². The van der Waals surface area contributed by atoms with E-state index in [1.54, 1.807) is 0 Å². The van der Waals surface area contributed by atoms with Crippen LogP contribution < -0.4 is 0 Å². The molecule has 0 saturated heterocycles. The van der Waals surface area contributed by atoms with Crippen LogP contribution in [0, 0.1) is 0 Å². The van der Waals surface area contributed by atoms with E-state index in [0.717, 1.165) is 0 Å². The lowest BCUT2D eigenvalue weighted by Crippen LogP contribution is -2.29. The lowest BCUT2D eigenvalue weighted by molar-refractivity contribution is 0.904. The maximum Gasteiger partial charge on any atom is 0.181 e. The maximum atomic E-state index is 6.21. The Balaban J connectivity index is 3.05. The van der Waals surface area contributed by atoms with Crippen molar-refractivity contribution in [2.45, 2.75) is 8.67 Å². The van der Waals surface area contributed by atoms with Crippen molar-refractivity contribution in [2.75, 3.05) is 0 Å². The number of halogens is 10. The minimum Gasteiger partial charge on any atom is -0.0898 e. The summed E-state index contributed by atoms with van der Waals surface area (Å²) in [6.07, 6.45) is 0. The van der Waals surface area contributed by atoms with Gasteiger partial charge in [0, 0.05) is 11.1 Å². The van der Waals surface area contributed by atoms with Crippen LogP contribution in [0.5, 0.6) is 0 Å². The predicted octanol–water partition coefficient (Wildman–Crippen LogP) is 8.26. The normalized spacial score (nSPS) is 20.1. The number of fused-ring (bicyclic) bond motifs is 1. The summed E-state index contributed by atoms with van der Waals surface area (Å²) in [6, 6.07) is 0. The molecule has 1 aliphatic carbocycles. The second-order valence-corrected chi connectivity index (χ2v) is 8.71. The Morgan fingerprint density at radius 3 is 0.950 bits per heavy atom. The van der Waals surface area contributed by atoms with Crippen molar-refractivity contribution in [3.8, 4) is 0 Å². The van der Waals surface area contributed by atoms with Gasteiger partial charge in [0.2, 0.25) is 0 Å². The highest BCUT2D eigenvalue weighted by Gasteiger charge is 2.52. The highest BCUT2D eigenvalue weighted by atomic mass is 35.5. The van der Waals surface area contributed by atoms with Crippen LogP contribution in [0.15, 0.2) is 10.1 Å². The third kappa shape index (κ3) is 2.44. The molecule has 20 heavy (non-hydrogen) atoms. The van der Waals surface area contributed by atoms with Gasteiger partial charge in [0.1, 0.15) is 0 Å². The Hall–Kier alpha value is 1.86. The fourth-order valence-electron chi connectivity index (χ4n) is 1.72. The Bertz CT molecular complexity index is 587. The highest BCUT2D eigenvalue weighted by Crippen LogP contribution is 2.64. The second-order valence-electron chi connectivity index (χ2n) is 3.78. The lowest BCUT2D eigenvalue weighted by atomic mass is 9.94. The van der Waals surface area contributed by atoms with Crippen LogP contribution in [0.3, 0.4) is 0 Å². The number of benzene rings is 1. The molecule has 0 atom stereocenters. The molecule has 0 radical (unpaired) electrons. The summed E-state index contributed by atoms with van der Waals surface area (Å²) in [6.45, 7) is 0. The standard InChI is InChI=1S/C10Cl10/c11-3-1-2(4(12)6(14)5(3)13)10(19,20)8(16)7(15)9(1,17)18. The van der Waals surface area contributed by atoms with Gasteiger partial charge in [-0.1, -0.05) is 116 Å². The first-order valence-corrected chi connectivity index (χ1v) is 8.42. The average molecular weight is 475 g/mol. The van der Waals surface area contributed by atoms with Crippen LogP contribution in [-0.2, 0) is 8.67 Å². The topological polar surface area (TPSA) is 0 Å². The van der Waals surface area contributed by atoms with Crippen molar-refractivity contribution >= 4 is 116 Å². The number of rotatable bonds is 0. The van der Waals surface area contributed by atoms with Gasteiger partial charge in [0.05, 0.1) is 30.2 Å². The van der Waals surface area contributed by atoms with Gasteiger partial charge >= 0.3 is 0 Å². The molecule has 1 aromatic carbocycles. The van der Waals surface area contributed by atoms with Crippen molar-refractivity contribution in [2.24, 2.45) is 0 Å². The molecule has 0 N–H and O–H groups in total. The number of alkyl halides is 4. The molecule has 0 nitrogen and oxygen atoms in total. The molecule has 0 unspecified atom stereocenters. The number of hydrogen-bond donors (Lipinski definition) is 0. The van der Waals surface area contributed by atoms with Crippen LogP contribution in [0.2, 0.25) is 20.1 Å². The van der Waals surface area contributed by atoms with Gasteiger partial charge in [-0.2, -0.15) is 0 Å². The average Bonchev–Trinajstić information content (AvgIpc) is 2.36. The molecule has 0 bridgehead atoms. The zero-order chi connectivity index (χ0) is 15.6. The van der Waals surface area contributed by atoms with Gasteiger partial charge in [-0.05, 0) is 0 Å². The second kappa shape index (κ2) is 5.74. The zero-order valence-electron chi connectivity index (χ0n) is 8.78. The van der Waals surface area contributed by atoms with E-state index >= 15 is 0 Å². The fraction of sp³-hybridized carbons (Fsp3) is 0.200. The monoisotopic (exact) mass is 470 g/mol. The van der Waals surface area contributed by atoms with E-state index < -0.39 is 8.67 Å². The Morgan fingerprint density at radius 2 is 0.700 bits per heavy atom. The van der Waals surface area contributed by atoms with Crippen molar-refractivity contribution in [3.63, 3.8) is 0 Å².